The molecule has 0 atom stereocenters. The second-order valence-corrected chi connectivity index (χ2v) is 5.51. The lowest BCUT2D eigenvalue weighted by Gasteiger charge is -2.28. The lowest BCUT2D eigenvalue weighted by molar-refractivity contribution is 0.100. The maximum atomic E-state index is 11.6. The standard InChI is InChI=1S/C14H15Cl2N3O/c1-7-6-10(15)8(2)18(4)13(7)12-11(16)14(9(3)20)19(5)17-12/h6H,2H2,1,3-5H3. The summed E-state index contributed by atoms with van der Waals surface area (Å²) in [7, 11) is 3.54. The molecule has 20 heavy (non-hydrogen) atoms. The molecule has 0 spiro atoms. The van der Waals surface area contributed by atoms with Crippen molar-refractivity contribution in [1.82, 2.24) is 14.7 Å². The van der Waals surface area contributed by atoms with Crippen LogP contribution in [-0.4, -0.2) is 27.5 Å². The van der Waals surface area contributed by atoms with Gasteiger partial charge in [0.2, 0.25) is 0 Å². The third-order valence-corrected chi connectivity index (χ3v) is 3.97. The summed E-state index contributed by atoms with van der Waals surface area (Å²) in [5.74, 6) is -0.125. The van der Waals surface area contributed by atoms with Crippen LogP contribution in [0.15, 0.2) is 29.0 Å². The molecule has 2 rings (SSSR count). The van der Waals surface area contributed by atoms with Gasteiger partial charge in [0.25, 0.3) is 0 Å². The predicted molar refractivity (Wildman–Crippen MR) is 81.7 cm³/mol. The lowest BCUT2D eigenvalue weighted by Crippen LogP contribution is -2.20. The second kappa shape index (κ2) is 5.11. The minimum Gasteiger partial charge on any atom is -0.342 e. The first-order valence-corrected chi connectivity index (χ1v) is 6.76. The Bertz CT molecular complexity index is 683. The van der Waals surface area contributed by atoms with E-state index in [0.717, 1.165) is 11.3 Å². The minimum atomic E-state index is -0.125. The van der Waals surface area contributed by atoms with Gasteiger partial charge in [0.15, 0.2) is 5.78 Å². The van der Waals surface area contributed by atoms with E-state index in [1.165, 1.54) is 11.6 Å². The first kappa shape index (κ1) is 14.9. The van der Waals surface area contributed by atoms with E-state index < -0.39 is 0 Å². The van der Waals surface area contributed by atoms with Gasteiger partial charge in [-0.15, -0.1) is 0 Å². The highest BCUT2D eigenvalue weighted by atomic mass is 35.5. The van der Waals surface area contributed by atoms with E-state index in [9.17, 15) is 4.79 Å². The Balaban J connectivity index is 2.68. The summed E-state index contributed by atoms with van der Waals surface area (Å²) in [5.41, 5.74) is 3.33. The molecule has 0 amide bonds. The molecule has 1 aromatic heterocycles. The maximum Gasteiger partial charge on any atom is 0.179 e. The maximum absolute atomic E-state index is 11.6. The van der Waals surface area contributed by atoms with Crippen molar-refractivity contribution in [3.63, 3.8) is 0 Å². The van der Waals surface area contributed by atoms with Crippen molar-refractivity contribution < 1.29 is 4.79 Å². The van der Waals surface area contributed by atoms with Crippen molar-refractivity contribution in [2.75, 3.05) is 7.05 Å². The van der Waals surface area contributed by atoms with Crippen LogP contribution in [0, 0.1) is 0 Å². The zero-order chi connectivity index (χ0) is 15.2. The molecule has 0 saturated heterocycles. The van der Waals surface area contributed by atoms with Crippen LogP contribution in [0.4, 0.5) is 0 Å². The molecule has 2 heterocycles. The van der Waals surface area contributed by atoms with Crippen molar-refractivity contribution in [1.29, 1.82) is 0 Å². The van der Waals surface area contributed by atoms with Gasteiger partial charge < -0.3 is 4.90 Å². The molecular formula is C14H15Cl2N3O. The molecule has 0 unspecified atom stereocenters. The molecule has 0 aromatic carbocycles. The van der Waals surface area contributed by atoms with Crippen molar-refractivity contribution >= 4 is 34.7 Å². The Morgan fingerprint density at radius 3 is 2.45 bits per heavy atom. The molecule has 0 radical (unpaired) electrons. The van der Waals surface area contributed by atoms with Gasteiger partial charge in [-0.1, -0.05) is 29.8 Å². The average Bonchev–Trinajstić information content (AvgIpc) is 2.62. The lowest BCUT2D eigenvalue weighted by atomic mass is 10.1. The quantitative estimate of drug-likeness (QED) is 0.783. The molecule has 0 bridgehead atoms. The van der Waals surface area contributed by atoms with Crippen LogP contribution >= 0.6 is 23.2 Å². The monoisotopic (exact) mass is 311 g/mol. The zero-order valence-corrected chi connectivity index (χ0v) is 13.3. The molecule has 4 nitrogen and oxygen atoms in total. The second-order valence-electron chi connectivity index (χ2n) is 4.72. The molecule has 0 aliphatic carbocycles. The summed E-state index contributed by atoms with van der Waals surface area (Å²) >= 11 is 12.4. The van der Waals surface area contributed by atoms with E-state index >= 15 is 0 Å². The van der Waals surface area contributed by atoms with E-state index in [1.807, 2.05) is 24.9 Å². The number of carbonyl (C=O) groups excluding carboxylic acids is 1. The first-order chi connectivity index (χ1) is 9.25. The van der Waals surface area contributed by atoms with Crippen LogP contribution < -0.4 is 0 Å². The Kier molecular flexibility index (Phi) is 3.80. The van der Waals surface area contributed by atoms with Crippen molar-refractivity contribution in [3.05, 3.63) is 45.4 Å². The van der Waals surface area contributed by atoms with Crippen LogP contribution in [-0.2, 0) is 7.05 Å². The van der Waals surface area contributed by atoms with Crippen molar-refractivity contribution in [3.8, 4) is 0 Å². The number of Topliss-reactive ketones (excluding diaryl/α,β-unsaturated/α-hetero) is 1. The van der Waals surface area contributed by atoms with E-state index in [0.29, 0.717) is 27.1 Å². The Morgan fingerprint density at radius 2 is 1.95 bits per heavy atom. The van der Waals surface area contributed by atoms with Crippen LogP contribution in [0.1, 0.15) is 30.0 Å². The Hall–Kier alpha value is -1.52. The van der Waals surface area contributed by atoms with Gasteiger partial charge in [-0.2, -0.15) is 5.10 Å². The number of nitrogens with zero attached hydrogens (tertiary/aromatic N) is 3. The molecule has 1 aliphatic heterocycles. The third-order valence-electron chi connectivity index (χ3n) is 3.28. The van der Waals surface area contributed by atoms with Crippen LogP contribution in [0.5, 0.6) is 0 Å². The summed E-state index contributed by atoms with van der Waals surface area (Å²) in [6.45, 7) is 7.31. The number of halogens is 2. The van der Waals surface area contributed by atoms with E-state index in [2.05, 4.69) is 11.7 Å². The SMILES string of the molecule is C=C1C(Cl)=CC(C)=C(c2nn(C)c(C(C)=O)c2Cl)N1C. The number of allylic oxidation sites excluding steroid dienone is 3. The van der Waals surface area contributed by atoms with Gasteiger partial charge in [0.05, 0.1) is 21.4 Å². The molecule has 0 N–H and O–H groups in total. The fraction of sp³-hybridized carbons (Fsp3) is 0.286. The number of aryl methyl sites for hydroxylation is 1. The largest absolute Gasteiger partial charge is 0.342 e. The number of ketones is 1. The summed E-state index contributed by atoms with van der Waals surface area (Å²) in [6, 6.07) is 0. The first-order valence-electron chi connectivity index (χ1n) is 6.00. The Labute approximate surface area is 128 Å². The van der Waals surface area contributed by atoms with Crippen LogP contribution in [0.2, 0.25) is 5.02 Å². The molecule has 6 heteroatoms. The number of hydrogen-bond acceptors (Lipinski definition) is 3. The molecule has 106 valence electrons. The fourth-order valence-corrected chi connectivity index (χ4v) is 2.95. The highest BCUT2D eigenvalue weighted by molar-refractivity contribution is 6.35. The highest BCUT2D eigenvalue weighted by Crippen LogP contribution is 2.37. The summed E-state index contributed by atoms with van der Waals surface area (Å²) < 4.78 is 1.50. The number of rotatable bonds is 2. The van der Waals surface area contributed by atoms with Gasteiger partial charge >= 0.3 is 0 Å². The van der Waals surface area contributed by atoms with E-state index in [-0.39, 0.29) is 5.78 Å². The topological polar surface area (TPSA) is 38.1 Å². The smallest absolute Gasteiger partial charge is 0.179 e. The van der Waals surface area contributed by atoms with E-state index in [1.54, 1.807) is 7.05 Å². The molecule has 0 saturated carbocycles. The number of aromatic nitrogens is 2. The molecule has 1 aromatic rings. The predicted octanol–water partition coefficient (Wildman–Crippen LogP) is 3.59. The number of carbonyl (C=O) groups is 1. The minimum absolute atomic E-state index is 0.125. The highest BCUT2D eigenvalue weighted by Gasteiger charge is 2.27. The summed E-state index contributed by atoms with van der Waals surface area (Å²) in [5, 5.41) is 5.29. The zero-order valence-electron chi connectivity index (χ0n) is 11.8. The number of hydrogen-bond donors (Lipinski definition) is 0. The average molecular weight is 312 g/mol. The van der Waals surface area contributed by atoms with E-state index in [4.69, 9.17) is 23.2 Å². The van der Waals surface area contributed by atoms with Gasteiger partial charge in [-0.05, 0) is 18.6 Å². The third kappa shape index (κ3) is 2.19. The molecule has 1 aliphatic rings. The Morgan fingerprint density at radius 1 is 1.35 bits per heavy atom. The van der Waals surface area contributed by atoms with Gasteiger partial charge in [-0.3, -0.25) is 9.48 Å². The van der Waals surface area contributed by atoms with Gasteiger partial charge in [-0.25, -0.2) is 0 Å². The molecule has 0 fully saturated rings. The summed E-state index contributed by atoms with van der Waals surface area (Å²) in [6.07, 6.45) is 1.82. The normalized spacial score (nSPS) is 15.8. The van der Waals surface area contributed by atoms with Gasteiger partial charge in [0.1, 0.15) is 11.4 Å². The summed E-state index contributed by atoms with van der Waals surface area (Å²) in [4.78, 5) is 13.5. The number of likely N-dealkylation sites (N-methyl/N-ethyl adjacent to an activating group) is 1. The van der Waals surface area contributed by atoms with Gasteiger partial charge in [0, 0.05) is 21.0 Å². The van der Waals surface area contributed by atoms with Crippen LogP contribution in [0.25, 0.3) is 5.70 Å². The van der Waals surface area contributed by atoms with Crippen LogP contribution in [0.3, 0.4) is 0 Å². The van der Waals surface area contributed by atoms with Crippen molar-refractivity contribution in [2.45, 2.75) is 13.8 Å². The van der Waals surface area contributed by atoms with Crippen molar-refractivity contribution in [2.24, 2.45) is 7.05 Å². The molecular weight excluding hydrogens is 297 g/mol. The fourth-order valence-electron chi connectivity index (χ4n) is 2.28.